The van der Waals surface area contributed by atoms with Gasteiger partial charge in [0, 0.05) is 11.4 Å². The van der Waals surface area contributed by atoms with E-state index in [1.54, 1.807) is 60.7 Å². The molecule has 0 atom stereocenters. The van der Waals surface area contributed by atoms with Gasteiger partial charge in [-0.15, -0.1) is 0 Å². The molecule has 2 aliphatic rings. The first-order valence-electron chi connectivity index (χ1n) is 14.0. The average Bonchev–Trinajstić information content (AvgIpc) is 3.94. The zero-order valence-electron chi connectivity index (χ0n) is 23.2. The molecule has 8 nitrogen and oxygen atoms in total. The van der Waals surface area contributed by atoms with Gasteiger partial charge >= 0.3 is 0 Å². The lowest BCUT2D eigenvalue weighted by atomic mass is 10.0. The number of carbonyl (C=O) groups excluding carboxylic acids is 2. The maximum atomic E-state index is 13.1. The first-order chi connectivity index (χ1) is 20.6. The van der Waals surface area contributed by atoms with Crippen molar-refractivity contribution in [3.8, 4) is 0 Å². The van der Waals surface area contributed by atoms with Crippen molar-refractivity contribution in [2.24, 2.45) is 0 Å². The monoisotopic (exact) mass is 614 g/mol. The fourth-order valence-corrected chi connectivity index (χ4v) is 9.05. The van der Waals surface area contributed by atoms with E-state index in [1.807, 2.05) is 24.3 Å². The van der Waals surface area contributed by atoms with E-state index < -0.39 is 41.0 Å². The van der Waals surface area contributed by atoms with Crippen LogP contribution in [0.5, 0.6) is 0 Å². The standard InChI is InChI=1S/C33H30N2O6S2/c36-30(32(19-20-32)42(38,39)28-7-3-1-4-8-28)34-26-15-11-24(12-16-26)23-25-13-17-27(18-14-25)35-31(37)33(21-22-33)43(40,41)29-9-5-2-6-10-29/h1-18H,19-23H2,(H,34,36)(H,35,37). The third-order valence-corrected chi connectivity index (χ3v) is 13.2. The third-order valence-electron chi connectivity index (χ3n) is 8.20. The van der Waals surface area contributed by atoms with Crippen LogP contribution in [0.15, 0.2) is 119 Å². The van der Waals surface area contributed by atoms with Gasteiger partial charge in [0.1, 0.15) is 0 Å². The molecule has 2 amide bonds. The van der Waals surface area contributed by atoms with Gasteiger partial charge in [-0.05, 0) is 91.8 Å². The maximum absolute atomic E-state index is 13.1. The van der Waals surface area contributed by atoms with Crippen LogP contribution in [0.4, 0.5) is 11.4 Å². The molecule has 0 radical (unpaired) electrons. The summed E-state index contributed by atoms with van der Waals surface area (Å²) in [4.78, 5) is 26.4. The summed E-state index contributed by atoms with van der Waals surface area (Å²) < 4.78 is 49.7. The normalized spacial score (nSPS) is 16.6. The molecular formula is C33H30N2O6S2. The highest BCUT2D eigenvalue weighted by Gasteiger charge is 2.62. The number of hydrogen-bond acceptors (Lipinski definition) is 6. The number of hydrogen-bond donors (Lipinski definition) is 2. The average molecular weight is 615 g/mol. The molecule has 0 aromatic heterocycles. The Morgan fingerprint density at radius 1 is 0.512 bits per heavy atom. The molecule has 2 N–H and O–H groups in total. The van der Waals surface area contributed by atoms with Crippen LogP contribution >= 0.6 is 0 Å². The SMILES string of the molecule is O=C(Nc1ccc(Cc2ccc(NC(=O)C3(S(=O)(=O)c4ccccc4)CC3)cc2)cc1)C1(S(=O)(=O)c2ccccc2)CC1. The molecule has 0 saturated heterocycles. The van der Waals surface area contributed by atoms with E-state index in [0.29, 0.717) is 17.8 Å². The minimum Gasteiger partial charge on any atom is -0.325 e. The molecule has 0 heterocycles. The van der Waals surface area contributed by atoms with Crippen molar-refractivity contribution in [2.45, 2.75) is 51.4 Å². The summed E-state index contributed by atoms with van der Waals surface area (Å²) in [6.07, 6.45) is 1.73. The van der Waals surface area contributed by atoms with E-state index >= 15 is 0 Å². The number of anilines is 2. The summed E-state index contributed by atoms with van der Waals surface area (Å²) in [5, 5.41) is 5.55. The highest BCUT2D eigenvalue weighted by Crippen LogP contribution is 2.48. The number of sulfone groups is 2. The summed E-state index contributed by atoms with van der Waals surface area (Å²) in [6.45, 7) is 0. The van der Waals surface area contributed by atoms with Crippen molar-refractivity contribution in [1.29, 1.82) is 0 Å². The Morgan fingerprint density at radius 2 is 0.837 bits per heavy atom. The van der Waals surface area contributed by atoms with Crippen LogP contribution in [0.25, 0.3) is 0 Å². The topological polar surface area (TPSA) is 126 Å². The second kappa shape index (κ2) is 10.8. The molecule has 0 bridgehead atoms. The third kappa shape index (κ3) is 5.25. The van der Waals surface area contributed by atoms with E-state index in [4.69, 9.17) is 0 Å². The number of amides is 2. The minimum absolute atomic E-state index is 0.146. The van der Waals surface area contributed by atoms with E-state index in [2.05, 4.69) is 10.6 Å². The second-order valence-electron chi connectivity index (χ2n) is 11.1. The molecule has 4 aromatic carbocycles. The van der Waals surface area contributed by atoms with Gasteiger partial charge < -0.3 is 10.6 Å². The van der Waals surface area contributed by atoms with E-state index in [0.717, 1.165) is 11.1 Å². The first-order valence-corrected chi connectivity index (χ1v) is 16.9. The van der Waals surface area contributed by atoms with Crippen molar-refractivity contribution in [3.05, 3.63) is 120 Å². The smallest absolute Gasteiger partial charge is 0.246 e. The van der Waals surface area contributed by atoms with Gasteiger partial charge in [-0.1, -0.05) is 60.7 Å². The number of rotatable bonds is 10. The molecule has 2 fully saturated rings. The Bertz CT molecular complexity index is 1740. The number of benzene rings is 4. The molecule has 2 saturated carbocycles. The Morgan fingerprint density at radius 3 is 1.14 bits per heavy atom. The molecular weight excluding hydrogens is 585 g/mol. The van der Waals surface area contributed by atoms with Gasteiger partial charge in [-0.2, -0.15) is 0 Å². The molecule has 0 spiro atoms. The quantitative estimate of drug-likeness (QED) is 0.254. The molecule has 220 valence electrons. The van der Waals surface area contributed by atoms with Crippen molar-refractivity contribution in [3.63, 3.8) is 0 Å². The van der Waals surface area contributed by atoms with Crippen LogP contribution in [-0.4, -0.2) is 38.1 Å². The molecule has 2 aliphatic carbocycles. The van der Waals surface area contributed by atoms with Gasteiger partial charge in [-0.25, -0.2) is 16.8 Å². The van der Waals surface area contributed by atoms with Crippen molar-refractivity contribution >= 4 is 42.9 Å². The summed E-state index contributed by atoms with van der Waals surface area (Å²) >= 11 is 0. The largest absolute Gasteiger partial charge is 0.325 e. The lowest BCUT2D eigenvalue weighted by Crippen LogP contribution is -2.37. The summed E-state index contributed by atoms with van der Waals surface area (Å²) in [5.41, 5.74) is 2.97. The van der Waals surface area contributed by atoms with Crippen molar-refractivity contribution in [1.82, 2.24) is 0 Å². The number of carbonyl (C=O) groups is 2. The van der Waals surface area contributed by atoms with E-state index in [9.17, 15) is 26.4 Å². The predicted octanol–water partition coefficient (Wildman–Crippen LogP) is 5.17. The highest BCUT2D eigenvalue weighted by atomic mass is 32.2. The zero-order valence-corrected chi connectivity index (χ0v) is 24.8. The predicted molar refractivity (Wildman–Crippen MR) is 164 cm³/mol. The molecule has 0 aliphatic heterocycles. The second-order valence-corrected chi connectivity index (χ2v) is 15.6. The lowest BCUT2D eigenvalue weighted by Gasteiger charge is -2.17. The van der Waals surface area contributed by atoms with Crippen LogP contribution in [0, 0.1) is 0 Å². The Labute approximate surface area is 251 Å². The van der Waals surface area contributed by atoms with Crippen molar-refractivity contribution in [2.75, 3.05) is 10.6 Å². The summed E-state index contributed by atoms with van der Waals surface area (Å²) in [5.74, 6) is -1.04. The fourth-order valence-electron chi connectivity index (χ4n) is 5.25. The van der Waals surface area contributed by atoms with E-state index in [-0.39, 0.29) is 35.5 Å². The van der Waals surface area contributed by atoms with Crippen molar-refractivity contribution < 1.29 is 26.4 Å². The zero-order chi connectivity index (χ0) is 30.3. The molecule has 4 aromatic rings. The van der Waals surface area contributed by atoms with Crippen LogP contribution < -0.4 is 10.6 Å². The molecule has 6 rings (SSSR count). The summed E-state index contributed by atoms with van der Waals surface area (Å²) in [6, 6.07) is 30.5. The Balaban J connectivity index is 1.07. The Kier molecular flexibility index (Phi) is 7.22. The van der Waals surface area contributed by atoms with Gasteiger partial charge in [0.25, 0.3) is 0 Å². The highest BCUT2D eigenvalue weighted by molar-refractivity contribution is 7.94. The first kappa shape index (κ1) is 28.8. The van der Waals surface area contributed by atoms with Gasteiger partial charge in [-0.3, -0.25) is 9.59 Å². The van der Waals surface area contributed by atoms with Gasteiger partial charge in [0.15, 0.2) is 29.2 Å². The number of nitrogens with one attached hydrogen (secondary N) is 2. The Hall–Kier alpha value is -4.28. The lowest BCUT2D eigenvalue weighted by molar-refractivity contribution is -0.117. The fraction of sp³-hybridized carbons (Fsp3) is 0.212. The minimum atomic E-state index is -3.80. The summed E-state index contributed by atoms with van der Waals surface area (Å²) in [7, 11) is -7.60. The van der Waals surface area contributed by atoms with Crippen LogP contribution in [-0.2, 0) is 35.7 Å². The van der Waals surface area contributed by atoms with Gasteiger partial charge in [0.2, 0.25) is 11.8 Å². The van der Waals surface area contributed by atoms with Crippen LogP contribution in [0.2, 0.25) is 0 Å². The molecule has 10 heteroatoms. The molecule has 43 heavy (non-hydrogen) atoms. The molecule has 0 unspecified atom stereocenters. The maximum Gasteiger partial charge on any atom is 0.246 e. The van der Waals surface area contributed by atoms with E-state index in [1.165, 1.54) is 24.3 Å². The van der Waals surface area contributed by atoms with Crippen LogP contribution in [0.1, 0.15) is 36.8 Å². The van der Waals surface area contributed by atoms with Crippen LogP contribution in [0.3, 0.4) is 0 Å². The van der Waals surface area contributed by atoms with Gasteiger partial charge in [0.05, 0.1) is 9.79 Å².